The van der Waals surface area contributed by atoms with Crippen LogP contribution in [0, 0.1) is 5.92 Å². The van der Waals surface area contributed by atoms with Crippen LogP contribution in [0.3, 0.4) is 0 Å². The maximum absolute atomic E-state index is 13.5. The lowest BCUT2D eigenvalue weighted by atomic mass is 9.84. The first-order valence-corrected chi connectivity index (χ1v) is 19.3. The van der Waals surface area contributed by atoms with Crippen LogP contribution < -0.4 is 25.8 Å². The summed E-state index contributed by atoms with van der Waals surface area (Å²) in [5, 5.41) is 23.2. The molecule has 4 rings (SSSR count). The molecule has 1 aromatic rings. The number of fused-ring (bicyclic) bond motifs is 2. The van der Waals surface area contributed by atoms with Crippen LogP contribution in [0.25, 0.3) is 0 Å². The number of sulfonamides is 2. The molecule has 2 aliphatic heterocycles. The SMILES string of the molecule is CCOC(=O)[C@H](CCCCNC(=O)C[C@H]1Nc2cc(Cl)c(S(N)(=O)=O)cc2S(=O)(=O)N1)NC(C)C(=O)N1[C@@H]2CCCC[C@@H]2C[C@H]1C(=O)O. The zero-order valence-corrected chi connectivity index (χ0v) is 29.1. The molecule has 16 nitrogen and oxygen atoms in total. The number of nitrogens with zero attached hydrogens (tertiary/aromatic N) is 1. The van der Waals surface area contributed by atoms with Crippen molar-refractivity contribution in [2.75, 3.05) is 18.5 Å². The summed E-state index contributed by atoms with van der Waals surface area (Å²) >= 11 is 6.00. The number of ether oxygens (including phenoxy) is 1. The first-order chi connectivity index (χ1) is 22.5. The van der Waals surface area contributed by atoms with Crippen LogP contribution in [0.5, 0.6) is 0 Å². The van der Waals surface area contributed by atoms with Crippen molar-refractivity contribution in [2.24, 2.45) is 11.1 Å². The van der Waals surface area contributed by atoms with Crippen molar-refractivity contribution in [3.63, 3.8) is 0 Å². The van der Waals surface area contributed by atoms with Crippen LogP contribution in [0.15, 0.2) is 21.9 Å². The van der Waals surface area contributed by atoms with Crippen LogP contribution in [0.1, 0.15) is 71.6 Å². The van der Waals surface area contributed by atoms with Gasteiger partial charge in [0.25, 0.3) is 0 Å². The van der Waals surface area contributed by atoms with Crippen LogP contribution in [-0.2, 0) is 44.0 Å². The van der Waals surface area contributed by atoms with Crippen molar-refractivity contribution in [1.29, 1.82) is 0 Å². The molecule has 2 heterocycles. The lowest BCUT2D eigenvalue weighted by Crippen LogP contribution is -2.55. The summed E-state index contributed by atoms with van der Waals surface area (Å²) < 4.78 is 56.5. The minimum absolute atomic E-state index is 0.0101. The number of likely N-dealkylation sites (tertiary alicyclic amines) is 1. The number of benzene rings is 1. The molecule has 48 heavy (non-hydrogen) atoms. The summed E-state index contributed by atoms with van der Waals surface area (Å²) in [5.74, 6) is -2.26. The topological polar surface area (TPSA) is 243 Å². The van der Waals surface area contributed by atoms with Crippen LogP contribution >= 0.6 is 11.6 Å². The van der Waals surface area contributed by atoms with E-state index in [1.165, 1.54) is 4.90 Å². The molecule has 3 aliphatic rings. The van der Waals surface area contributed by atoms with E-state index in [1.807, 2.05) is 0 Å². The zero-order valence-electron chi connectivity index (χ0n) is 26.7. The third kappa shape index (κ3) is 8.95. The van der Waals surface area contributed by atoms with Gasteiger partial charge in [-0.1, -0.05) is 24.4 Å². The number of primary sulfonamides is 1. The Bertz CT molecular complexity index is 1630. The molecule has 1 saturated carbocycles. The van der Waals surface area contributed by atoms with Gasteiger partial charge in [0.2, 0.25) is 31.9 Å². The molecule has 0 aromatic heterocycles. The number of carbonyl (C=O) groups excluding carboxylic acids is 3. The summed E-state index contributed by atoms with van der Waals surface area (Å²) in [5.41, 5.74) is 0.0101. The van der Waals surface area contributed by atoms with Gasteiger partial charge in [0, 0.05) is 12.6 Å². The van der Waals surface area contributed by atoms with Crippen LogP contribution in [0.2, 0.25) is 5.02 Å². The quantitative estimate of drug-likeness (QED) is 0.115. The smallest absolute Gasteiger partial charge is 0.326 e. The van der Waals surface area contributed by atoms with Crippen molar-refractivity contribution < 1.29 is 45.9 Å². The first kappa shape index (κ1) is 37.8. The molecule has 1 aliphatic carbocycles. The fraction of sp³-hybridized carbons (Fsp3) is 0.655. The van der Waals surface area contributed by atoms with Gasteiger partial charge in [-0.15, -0.1) is 0 Å². The molecule has 1 aromatic carbocycles. The second-order valence-corrected chi connectivity index (χ2v) is 16.0. The van der Waals surface area contributed by atoms with Crippen molar-refractivity contribution in [3.05, 3.63) is 17.2 Å². The summed E-state index contributed by atoms with van der Waals surface area (Å²) in [6, 6.07) is -0.733. The minimum atomic E-state index is -4.28. The predicted molar refractivity (Wildman–Crippen MR) is 174 cm³/mol. The average molecular weight is 735 g/mol. The van der Waals surface area contributed by atoms with E-state index in [4.69, 9.17) is 21.5 Å². The fourth-order valence-electron chi connectivity index (χ4n) is 6.71. The van der Waals surface area contributed by atoms with E-state index in [2.05, 4.69) is 20.7 Å². The molecule has 268 valence electrons. The molecule has 2 fully saturated rings. The van der Waals surface area contributed by atoms with E-state index in [0.29, 0.717) is 19.3 Å². The molecule has 7 N–H and O–H groups in total. The number of anilines is 1. The van der Waals surface area contributed by atoms with Crippen LogP contribution in [-0.4, -0.2) is 94.1 Å². The Labute approximate surface area is 284 Å². The molecule has 19 heteroatoms. The third-order valence-electron chi connectivity index (χ3n) is 8.91. The summed E-state index contributed by atoms with van der Waals surface area (Å²) in [6.07, 6.45) is 3.86. The molecule has 0 spiro atoms. The van der Waals surface area contributed by atoms with E-state index < -0.39 is 67.1 Å². The number of rotatable bonds is 14. The number of carboxylic acid groups (broad SMARTS) is 1. The number of hydrogen-bond acceptors (Lipinski definition) is 11. The molecule has 0 bridgehead atoms. The number of amides is 2. The van der Waals surface area contributed by atoms with E-state index in [0.717, 1.165) is 37.8 Å². The van der Waals surface area contributed by atoms with Gasteiger partial charge in [0.05, 0.1) is 35.9 Å². The van der Waals surface area contributed by atoms with E-state index in [1.54, 1.807) is 13.8 Å². The van der Waals surface area contributed by atoms with Gasteiger partial charge < -0.3 is 25.4 Å². The highest BCUT2D eigenvalue weighted by molar-refractivity contribution is 7.90. The van der Waals surface area contributed by atoms with Gasteiger partial charge in [-0.2, -0.15) is 4.72 Å². The number of unbranched alkanes of at least 4 members (excludes halogenated alkanes) is 1. The highest BCUT2D eigenvalue weighted by Gasteiger charge is 2.48. The predicted octanol–water partition coefficient (Wildman–Crippen LogP) is 0.848. The second kappa shape index (κ2) is 15.7. The van der Waals surface area contributed by atoms with Gasteiger partial charge in [-0.25, -0.2) is 26.8 Å². The zero-order chi connectivity index (χ0) is 35.4. The molecule has 1 unspecified atom stereocenters. The number of esters is 1. The fourth-order valence-corrected chi connectivity index (χ4v) is 9.21. The minimum Gasteiger partial charge on any atom is -0.480 e. The van der Waals surface area contributed by atoms with Crippen molar-refractivity contribution in [3.8, 4) is 0 Å². The Kier molecular flexibility index (Phi) is 12.3. The maximum Gasteiger partial charge on any atom is 0.326 e. The van der Waals surface area contributed by atoms with Crippen molar-refractivity contribution in [1.82, 2.24) is 20.3 Å². The maximum atomic E-state index is 13.5. The van der Waals surface area contributed by atoms with Gasteiger partial charge in [0.15, 0.2) is 0 Å². The summed E-state index contributed by atoms with van der Waals surface area (Å²) in [7, 11) is -8.48. The number of nitrogens with one attached hydrogen (secondary N) is 4. The number of nitrogens with two attached hydrogens (primary N) is 1. The van der Waals surface area contributed by atoms with Gasteiger partial charge in [-0.05, 0) is 70.4 Å². The molecular formula is C29H43ClN6O10S2. The Balaban J connectivity index is 1.28. The summed E-state index contributed by atoms with van der Waals surface area (Å²) in [4.78, 5) is 51.5. The number of halogens is 1. The number of carboxylic acids is 1. The Morgan fingerprint density at radius 1 is 1.19 bits per heavy atom. The monoisotopic (exact) mass is 734 g/mol. The number of carbonyl (C=O) groups is 4. The second-order valence-electron chi connectivity index (χ2n) is 12.3. The van der Waals surface area contributed by atoms with E-state index >= 15 is 0 Å². The molecular weight excluding hydrogens is 692 g/mol. The Hall–Kier alpha value is -3.03. The van der Waals surface area contributed by atoms with E-state index in [-0.39, 0.29) is 59.5 Å². The summed E-state index contributed by atoms with van der Waals surface area (Å²) in [6.45, 7) is 3.62. The van der Waals surface area contributed by atoms with Crippen molar-refractivity contribution in [2.45, 2.75) is 112 Å². The number of hydrogen-bond donors (Lipinski definition) is 6. The average Bonchev–Trinajstić information content (AvgIpc) is 3.38. The van der Waals surface area contributed by atoms with Crippen molar-refractivity contribution >= 4 is 61.1 Å². The van der Waals surface area contributed by atoms with Gasteiger partial charge >= 0.3 is 11.9 Å². The molecule has 0 radical (unpaired) electrons. The Morgan fingerprint density at radius 2 is 1.90 bits per heavy atom. The third-order valence-corrected chi connectivity index (χ3v) is 11.8. The highest BCUT2D eigenvalue weighted by Crippen LogP contribution is 2.40. The first-order valence-electron chi connectivity index (χ1n) is 15.9. The van der Waals surface area contributed by atoms with Gasteiger partial charge in [-0.3, -0.25) is 19.7 Å². The van der Waals surface area contributed by atoms with Gasteiger partial charge in [0.1, 0.15) is 21.9 Å². The standard InChI is InChI=1S/C29H43ClN6O10S2/c1-3-46-29(41)19(33-16(2)27(38)36-21-10-5-4-8-17(21)12-22(36)28(39)40)9-6-7-11-32-26(37)15-25-34-20-13-18(30)23(47(31,42)43)14-24(20)48(44,45)35-25/h13-14,16-17,19,21-22,25,33-35H,3-12,15H2,1-2H3,(H,32,37)(H,39,40)(H2,31,42,43)/t16?,17-,19+,21-,22+,25+/m1/s1. The normalized spacial score (nSPS) is 24.4. The van der Waals surface area contributed by atoms with E-state index in [9.17, 15) is 41.1 Å². The lowest BCUT2D eigenvalue weighted by molar-refractivity contribution is -0.152. The Morgan fingerprint density at radius 3 is 2.56 bits per heavy atom. The molecule has 6 atom stereocenters. The number of aliphatic carboxylic acids is 1. The van der Waals surface area contributed by atoms with Crippen LogP contribution in [0.4, 0.5) is 5.69 Å². The highest BCUT2D eigenvalue weighted by atomic mass is 35.5. The molecule has 2 amide bonds. The molecule has 1 saturated heterocycles. The lowest BCUT2D eigenvalue weighted by Gasteiger charge is -2.35. The largest absolute Gasteiger partial charge is 0.480 e.